The van der Waals surface area contributed by atoms with E-state index in [9.17, 15) is 24.2 Å². The first-order valence-corrected chi connectivity index (χ1v) is 19.4. The van der Waals surface area contributed by atoms with Gasteiger partial charge in [0.2, 0.25) is 0 Å². The van der Waals surface area contributed by atoms with Crippen LogP contribution in [0.5, 0.6) is 0 Å². The Kier molecular flexibility index (Phi) is 11.4. The molecule has 0 saturated carbocycles. The molecule has 0 aliphatic carbocycles. The molecule has 3 aromatic heterocycles. The lowest BCUT2D eigenvalue weighted by atomic mass is 9.87. The number of rotatable bonds is 13. The highest BCUT2D eigenvalue weighted by molar-refractivity contribution is 5.93. The van der Waals surface area contributed by atoms with E-state index in [1.807, 2.05) is 24.3 Å². The number of pyridine rings is 3. The molecule has 8 rings (SSSR count). The van der Waals surface area contributed by atoms with Crippen molar-refractivity contribution in [2.75, 3.05) is 0 Å². The van der Waals surface area contributed by atoms with Crippen molar-refractivity contribution in [2.24, 2.45) is 0 Å². The molecule has 0 spiro atoms. The first kappa shape index (κ1) is 39.2. The summed E-state index contributed by atoms with van der Waals surface area (Å²) in [4.78, 5) is 35.8. The molecule has 0 aliphatic rings. The number of aromatic carboxylic acids is 2. The number of carboxylic acid groups (broad SMARTS) is 2. The zero-order valence-electron chi connectivity index (χ0n) is 32.2. The van der Waals surface area contributed by atoms with Crippen molar-refractivity contribution in [3.63, 3.8) is 0 Å². The van der Waals surface area contributed by atoms with E-state index in [-0.39, 0.29) is 17.2 Å². The third kappa shape index (κ3) is 9.06. The van der Waals surface area contributed by atoms with Crippen LogP contribution in [-0.4, -0.2) is 37.1 Å². The lowest BCUT2D eigenvalue weighted by Gasteiger charge is -2.18. The van der Waals surface area contributed by atoms with Crippen LogP contribution in [0.2, 0.25) is 0 Å². The SMILES string of the molecule is O=C(O)c1ccc(CCc2cc(CCc3ccc(C(=O)O)nc3)cc(-c3cc(F)ccc3-c3cnc(-c4ccc(F)cc4)cc3-c3ccc(-c4ccccc4)cc3)c2)cn1. The fourth-order valence-electron chi connectivity index (χ4n) is 7.33. The van der Waals surface area contributed by atoms with Crippen LogP contribution in [0, 0.1) is 11.6 Å². The third-order valence-corrected chi connectivity index (χ3v) is 10.5. The van der Waals surface area contributed by atoms with Crippen molar-refractivity contribution in [3.05, 3.63) is 209 Å². The van der Waals surface area contributed by atoms with Gasteiger partial charge in [-0.1, -0.05) is 91.0 Å². The number of aryl methyl sites for hydroxylation is 4. The fourth-order valence-corrected chi connectivity index (χ4v) is 7.33. The van der Waals surface area contributed by atoms with E-state index >= 15 is 4.39 Å². The summed E-state index contributed by atoms with van der Waals surface area (Å²) >= 11 is 0. The van der Waals surface area contributed by atoms with Gasteiger partial charge in [-0.3, -0.25) is 4.98 Å². The van der Waals surface area contributed by atoms with Gasteiger partial charge in [0.25, 0.3) is 0 Å². The Hall–Kier alpha value is -7.65. The molecule has 0 fully saturated rings. The number of nitrogens with zero attached hydrogens (tertiary/aromatic N) is 3. The molecular formula is C51H37F2N3O4. The van der Waals surface area contributed by atoms with Crippen LogP contribution in [0.4, 0.5) is 8.78 Å². The van der Waals surface area contributed by atoms with Crippen LogP contribution >= 0.6 is 0 Å². The smallest absolute Gasteiger partial charge is 0.354 e. The van der Waals surface area contributed by atoms with Gasteiger partial charge < -0.3 is 10.2 Å². The average molecular weight is 794 g/mol. The second-order valence-electron chi connectivity index (χ2n) is 14.5. The quantitative estimate of drug-likeness (QED) is 0.119. The van der Waals surface area contributed by atoms with Gasteiger partial charge in [0.15, 0.2) is 0 Å². The molecule has 8 aromatic rings. The maximum atomic E-state index is 15.5. The maximum Gasteiger partial charge on any atom is 0.354 e. The molecule has 0 unspecified atom stereocenters. The fraction of sp³-hybridized carbons (Fsp3) is 0.0784. The van der Waals surface area contributed by atoms with Gasteiger partial charge in [-0.2, -0.15) is 0 Å². The molecular weight excluding hydrogens is 757 g/mol. The van der Waals surface area contributed by atoms with Gasteiger partial charge >= 0.3 is 11.9 Å². The number of carboxylic acids is 2. The number of aromatic nitrogens is 3. The largest absolute Gasteiger partial charge is 0.477 e. The summed E-state index contributed by atoms with van der Waals surface area (Å²) in [5, 5.41) is 18.6. The second kappa shape index (κ2) is 17.5. The van der Waals surface area contributed by atoms with Gasteiger partial charge in [0.1, 0.15) is 23.0 Å². The van der Waals surface area contributed by atoms with E-state index < -0.39 is 17.8 Å². The maximum absolute atomic E-state index is 15.5. The number of carbonyl (C=O) groups is 2. The molecule has 0 atom stereocenters. The van der Waals surface area contributed by atoms with E-state index in [1.54, 1.807) is 48.9 Å². The van der Waals surface area contributed by atoms with Crippen molar-refractivity contribution in [2.45, 2.75) is 25.7 Å². The van der Waals surface area contributed by atoms with Crippen LogP contribution in [0.1, 0.15) is 43.2 Å². The minimum Gasteiger partial charge on any atom is -0.477 e. The molecule has 2 N–H and O–H groups in total. The number of hydrogen-bond donors (Lipinski definition) is 2. The van der Waals surface area contributed by atoms with Crippen molar-refractivity contribution in [3.8, 4) is 55.8 Å². The molecule has 7 nitrogen and oxygen atoms in total. The van der Waals surface area contributed by atoms with Gasteiger partial charge in [-0.15, -0.1) is 0 Å². The molecule has 5 aromatic carbocycles. The Balaban J connectivity index is 1.22. The minimum absolute atomic E-state index is 0.0285. The molecule has 294 valence electrons. The van der Waals surface area contributed by atoms with E-state index in [0.29, 0.717) is 36.9 Å². The normalized spacial score (nSPS) is 11.0. The molecule has 9 heteroatoms. The van der Waals surface area contributed by atoms with Crippen LogP contribution in [-0.2, 0) is 25.7 Å². The Bertz CT molecular complexity index is 2730. The summed E-state index contributed by atoms with van der Waals surface area (Å²) < 4.78 is 29.4. The second-order valence-corrected chi connectivity index (χ2v) is 14.5. The average Bonchev–Trinajstić information content (AvgIpc) is 3.28. The standard InChI is InChI=1S/C51H37F2N3O4/c52-41-18-16-39(17-19-41)49-28-45(38-14-12-37(13-15-38)36-4-2-1-3-5-36)46(31-56-49)43-21-20-42(53)27-44(43)40-25-34(8-6-32-10-22-47(50(57)58)54-29-32)24-35(26-40)9-7-33-11-23-48(51(59)60)55-30-33/h1-5,10-31H,6-9H2,(H,57,58)(H,59,60). The van der Waals surface area contributed by atoms with Gasteiger partial charge in [0, 0.05) is 29.7 Å². The highest BCUT2D eigenvalue weighted by atomic mass is 19.1. The summed E-state index contributed by atoms with van der Waals surface area (Å²) in [6, 6.07) is 44.1. The Morgan fingerprint density at radius 2 is 0.917 bits per heavy atom. The Labute approximate surface area is 345 Å². The number of hydrogen-bond acceptors (Lipinski definition) is 5. The zero-order valence-corrected chi connectivity index (χ0v) is 32.2. The molecule has 0 radical (unpaired) electrons. The zero-order chi connectivity index (χ0) is 41.6. The van der Waals surface area contributed by atoms with Crippen molar-refractivity contribution >= 4 is 11.9 Å². The van der Waals surface area contributed by atoms with Gasteiger partial charge in [0.05, 0.1) is 5.69 Å². The predicted molar refractivity (Wildman–Crippen MR) is 229 cm³/mol. The summed E-state index contributed by atoms with van der Waals surface area (Å²) in [7, 11) is 0. The van der Waals surface area contributed by atoms with Crippen LogP contribution in [0.3, 0.4) is 0 Å². The van der Waals surface area contributed by atoms with E-state index in [2.05, 4.69) is 64.6 Å². The minimum atomic E-state index is -1.09. The number of halogens is 2. The van der Waals surface area contributed by atoms with E-state index in [4.69, 9.17) is 4.98 Å². The van der Waals surface area contributed by atoms with Crippen LogP contribution in [0.15, 0.2) is 164 Å². The summed E-state index contributed by atoms with van der Waals surface area (Å²) in [6.07, 6.45) is 7.31. The lowest BCUT2D eigenvalue weighted by molar-refractivity contribution is 0.0680. The Morgan fingerprint density at radius 3 is 1.48 bits per heavy atom. The van der Waals surface area contributed by atoms with Crippen molar-refractivity contribution < 1.29 is 28.6 Å². The van der Waals surface area contributed by atoms with Gasteiger partial charge in [-0.25, -0.2) is 28.3 Å². The summed E-state index contributed by atoms with van der Waals surface area (Å²) in [5.41, 5.74) is 12.0. The first-order chi connectivity index (χ1) is 29.2. The summed E-state index contributed by atoms with van der Waals surface area (Å²) in [6.45, 7) is 0. The first-order valence-electron chi connectivity index (χ1n) is 19.4. The van der Waals surface area contributed by atoms with Gasteiger partial charge in [-0.05, 0) is 141 Å². The summed E-state index contributed by atoms with van der Waals surface area (Å²) in [5.74, 6) is -2.93. The van der Waals surface area contributed by atoms with E-state index in [1.165, 1.54) is 36.4 Å². The van der Waals surface area contributed by atoms with Crippen molar-refractivity contribution in [1.82, 2.24) is 15.0 Å². The van der Waals surface area contributed by atoms with Crippen molar-refractivity contribution in [1.29, 1.82) is 0 Å². The molecule has 60 heavy (non-hydrogen) atoms. The molecule has 0 amide bonds. The molecule has 0 aliphatic heterocycles. The lowest BCUT2D eigenvalue weighted by Crippen LogP contribution is -2.02. The molecule has 0 saturated heterocycles. The monoisotopic (exact) mass is 793 g/mol. The third-order valence-electron chi connectivity index (χ3n) is 10.5. The predicted octanol–water partition coefficient (Wildman–Crippen LogP) is 11.5. The highest BCUT2D eigenvalue weighted by Crippen LogP contribution is 2.41. The topological polar surface area (TPSA) is 113 Å². The molecule has 3 heterocycles. The van der Waals surface area contributed by atoms with Crippen LogP contribution < -0.4 is 0 Å². The molecule has 0 bridgehead atoms. The number of benzene rings is 5. The van der Waals surface area contributed by atoms with E-state index in [0.717, 1.165) is 66.8 Å². The van der Waals surface area contributed by atoms with Crippen LogP contribution in [0.25, 0.3) is 55.8 Å². The Morgan fingerprint density at radius 1 is 0.400 bits per heavy atom. The highest BCUT2D eigenvalue weighted by Gasteiger charge is 2.18.